The van der Waals surface area contributed by atoms with Crippen molar-refractivity contribution in [2.45, 2.75) is 49.4 Å². The molecule has 2 aliphatic rings. The molecule has 178 valence electrons. The minimum atomic E-state index is -3.21. The molecule has 1 aromatic carbocycles. The van der Waals surface area contributed by atoms with Crippen molar-refractivity contribution >= 4 is 33.3 Å². The van der Waals surface area contributed by atoms with E-state index in [0.717, 1.165) is 37.1 Å². The second-order valence-corrected chi connectivity index (χ2v) is 11.5. The molecule has 8 nitrogen and oxygen atoms in total. The highest BCUT2D eigenvalue weighted by atomic mass is 32.2. The molecule has 0 aliphatic carbocycles. The highest BCUT2D eigenvalue weighted by Crippen LogP contribution is 2.34. The zero-order valence-electron chi connectivity index (χ0n) is 19.2. The molecule has 10 heteroatoms. The van der Waals surface area contributed by atoms with E-state index in [1.165, 1.54) is 16.1 Å². The van der Waals surface area contributed by atoms with Crippen LogP contribution < -0.4 is 14.9 Å². The van der Waals surface area contributed by atoms with Crippen LogP contribution in [0.2, 0.25) is 0 Å². The maximum absolute atomic E-state index is 12.2. The number of aromatic nitrogens is 1. The van der Waals surface area contributed by atoms with Crippen molar-refractivity contribution in [3.8, 4) is 12.1 Å². The Labute approximate surface area is 205 Å². The molecule has 34 heavy (non-hydrogen) atoms. The molecule has 2 aliphatic heterocycles. The summed E-state index contributed by atoms with van der Waals surface area (Å²) in [5.74, 6) is 1.41. The Hall–Kier alpha value is -2.79. The van der Waals surface area contributed by atoms with Gasteiger partial charge in [-0.05, 0) is 48.9 Å². The molecule has 2 saturated heterocycles. The second-order valence-electron chi connectivity index (χ2n) is 8.57. The number of nitrogens with zero attached hydrogens (tertiary/aromatic N) is 5. The predicted octanol–water partition coefficient (Wildman–Crippen LogP) is 3.15. The third-order valence-electron chi connectivity index (χ3n) is 6.36. The monoisotopic (exact) mass is 496 g/mol. The Morgan fingerprint density at radius 2 is 1.79 bits per heavy atom. The highest BCUT2D eigenvalue weighted by molar-refractivity contribution is 7.98. The van der Waals surface area contributed by atoms with Crippen LogP contribution in [0, 0.1) is 22.7 Å². The zero-order chi connectivity index (χ0) is 24.3. The van der Waals surface area contributed by atoms with Gasteiger partial charge in [-0.25, -0.2) is 13.4 Å². The summed E-state index contributed by atoms with van der Waals surface area (Å²) in [5, 5.41) is 20.4. The van der Waals surface area contributed by atoms with Gasteiger partial charge in [0, 0.05) is 31.4 Å². The predicted molar refractivity (Wildman–Crippen MR) is 134 cm³/mol. The van der Waals surface area contributed by atoms with Crippen molar-refractivity contribution in [3.63, 3.8) is 0 Å². The van der Waals surface area contributed by atoms with E-state index in [0.29, 0.717) is 52.8 Å². The Morgan fingerprint density at radius 3 is 2.35 bits per heavy atom. The molecular formula is C24H28N6O2S2. The normalized spacial score (nSPS) is 18.0. The van der Waals surface area contributed by atoms with Gasteiger partial charge in [0.05, 0.1) is 22.6 Å². The van der Waals surface area contributed by atoms with Crippen molar-refractivity contribution in [2.24, 2.45) is 5.73 Å². The lowest BCUT2D eigenvalue weighted by Crippen LogP contribution is -2.40. The van der Waals surface area contributed by atoms with Crippen molar-refractivity contribution in [1.82, 2.24) is 4.98 Å². The average molecular weight is 497 g/mol. The molecule has 2 N–H and O–H groups in total. The number of anilines is 2. The second kappa shape index (κ2) is 10.2. The van der Waals surface area contributed by atoms with Crippen LogP contribution in [0.25, 0.3) is 0 Å². The van der Waals surface area contributed by atoms with E-state index in [4.69, 9.17) is 10.7 Å². The molecule has 2 fully saturated rings. The van der Waals surface area contributed by atoms with Gasteiger partial charge in [0.25, 0.3) is 0 Å². The summed E-state index contributed by atoms with van der Waals surface area (Å²) in [7, 11) is -3.21. The van der Waals surface area contributed by atoms with Gasteiger partial charge in [0.1, 0.15) is 23.0 Å². The summed E-state index contributed by atoms with van der Waals surface area (Å²) in [6.07, 6.45) is 2.90. The lowest BCUT2D eigenvalue weighted by molar-refractivity contribution is 0.497. The summed E-state index contributed by atoms with van der Waals surface area (Å²) in [6.45, 7) is 3.94. The van der Waals surface area contributed by atoms with Crippen LogP contribution in [0.4, 0.5) is 11.5 Å². The molecule has 0 atom stereocenters. The van der Waals surface area contributed by atoms with E-state index >= 15 is 0 Å². The van der Waals surface area contributed by atoms with Gasteiger partial charge in [-0.1, -0.05) is 19.1 Å². The average Bonchev–Trinajstić information content (AvgIpc) is 3.21. The fourth-order valence-corrected chi connectivity index (χ4v) is 6.99. The number of sulfonamides is 1. The van der Waals surface area contributed by atoms with Gasteiger partial charge < -0.3 is 10.6 Å². The maximum Gasteiger partial charge on any atom is 0.235 e. The largest absolute Gasteiger partial charge is 0.355 e. The zero-order valence-corrected chi connectivity index (χ0v) is 20.8. The number of piperidine rings is 1. The molecule has 3 heterocycles. The van der Waals surface area contributed by atoms with Crippen molar-refractivity contribution in [1.29, 1.82) is 10.5 Å². The van der Waals surface area contributed by atoms with Crippen LogP contribution in [0.5, 0.6) is 0 Å². The topological polar surface area (TPSA) is 127 Å². The molecule has 0 amide bonds. The fourth-order valence-electron chi connectivity index (χ4n) is 4.47. The molecule has 4 rings (SSSR count). The van der Waals surface area contributed by atoms with Crippen molar-refractivity contribution in [2.75, 3.05) is 34.6 Å². The van der Waals surface area contributed by atoms with Crippen molar-refractivity contribution < 1.29 is 8.42 Å². The molecule has 0 bridgehead atoms. The fraction of sp³-hybridized carbons (Fsp3) is 0.458. The summed E-state index contributed by atoms with van der Waals surface area (Å²) in [5.41, 5.74) is 9.42. The number of nitrogens with two attached hydrogens (primary N) is 1. The first-order chi connectivity index (χ1) is 16.4. The van der Waals surface area contributed by atoms with Gasteiger partial charge in [-0.3, -0.25) is 4.31 Å². The number of benzene rings is 1. The van der Waals surface area contributed by atoms with Gasteiger partial charge in [0.15, 0.2) is 0 Å². The summed E-state index contributed by atoms with van der Waals surface area (Å²) < 4.78 is 25.8. The number of rotatable bonds is 6. The highest BCUT2D eigenvalue weighted by Gasteiger charge is 2.28. The molecule has 0 radical (unpaired) electrons. The molecule has 2 aromatic rings. The summed E-state index contributed by atoms with van der Waals surface area (Å²) in [6, 6.07) is 12.2. The Morgan fingerprint density at radius 1 is 1.12 bits per heavy atom. The first-order valence-corrected chi connectivity index (χ1v) is 14.1. The maximum atomic E-state index is 12.2. The van der Waals surface area contributed by atoms with E-state index in [-0.39, 0.29) is 11.8 Å². The van der Waals surface area contributed by atoms with Gasteiger partial charge in [0.2, 0.25) is 10.0 Å². The lowest BCUT2D eigenvalue weighted by atomic mass is 10.00. The van der Waals surface area contributed by atoms with Gasteiger partial charge >= 0.3 is 0 Å². The van der Waals surface area contributed by atoms with Crippen LogP contribution in [-0.4, -0.2) is 44.8 Å². The summed E-state index contributed by atoms with van der Waals surface area (Å²) >= 11 is 1.46. The van der Waals surface area contributed by atoms with Crippen LogP contribution in [0.3, 0.4) is 0 Å². The Bertz CT molecular complexity index is 1240. The van der Waals surface area contributed by atoms with Gasteiger partial charge in [-0.15, -0.1) is 11.8 Å². The summed E-state index contributed by atoms with van der Waals surface area (Å²) in [4.78, 5) is 6.91. The molecular weight excluding hydrogens is 468 g/mol. The van der Waals surface area contributed by atoms with E-state index in [1.54, 1.807) is 0 Å². The van der Waals surface area contributed by atoms with E-state index in [9.17, 15) is 18.9 Å². The Kier molecular flexibility index (Phi) is 7.32. The standard InChI is InChI=1S/C24H28N6O2S2/c1-2-20-21(14-25)23(29-11-8-18(27)9-12-29)28-24(22(20)15-26)33-16-17-4-6-19(7-5-17)30-10-3-13-34(30,31)32/h4-7,18H,2-3,8-13,16,27H2,1H3. The van der Waals surface area contributed by atoms with E-state index in [1.807, 2.05) is 31.2 Å². The minimum Gasteiger partial charge on any atom is -0.355 e. The smallest absolute Gasteiger partial charge is 0.235 e. The number of hydrogen-bond donors (Lipinski definition) is 1. The van der Waals surface area contributed by atoms with Crippen molar-refractivity contribution in [3.05, 3.63) is 46.5 Å². The molecule has 0 unspecified atom stereocenters. The number of hydrogen-bond acceptors (Lipinski definition) is 8. The third kappa shape index (κ3) is 4.85. The minimum absolute atomic E-state index is 0.165. The molecule has 1 aromatic heterocycles. The number of nitriles is 2. The first-order valence-electron chi connectivity index (χ1n) is 11.5. The quantitative estimate of drug-likeness (QED) is 0.604. The third-order valence-corrected chi connectivity index (χ3v) is 9.28. The SMILES string of the molecule is CCc1c(C#N)c(SCc2ccc(N3CCCS3(=O)=O)cc2)nc(N2CCC(N)CC2)c1C#N. The lowest BCUT2D eigenvalue weighted by Gasteiger charge is -2.32. The van der Waals surface area contributed by atoms with Crippen LogP contribution in [-0.2, 0) is 22.2 Å². The van der Waals surface area contributed by atoms with E-state index in [2.05, 4.69) is 17.0 Å². The van der Waals surface area contributed by atoms with Crippen LogP contribution in [0.1, 0.15) is 48.4 Å². The first kappa shape index (κ1) is 24.3. The van der Waals surface area contributed by atoms with Gasteiger partial charge in [-0.2, -0.15) is 10.5 Å². The number of thioether (sulfide) groups is 1. The van der Waals surface area contributed by atoms with Crippen LogP contribution >= 0.6 is 11.8 Å². The number of pyridine rings is 1. The van der Waals surface area contributed by atoms with Crippen LogP contribution in [0.15, 0.2) is 29.3 Å². The molecule has 0 spiro atoms. The Balaban J connectivity index is 1.59. The molecule has 0 saturated carbocycles. The van der Waals surface area contributed by atoms with E-state index < -0.39 is 10.0 Å².